The molecule has 0 unspecified atom stereocenters. The van der Waals surface area contributed by atoms with Gasteiger partial charge in [-0.05, 0) is 30.7 Å². The molecule has 0 aliphatic heterocycles. The molecule has 3 atom stereocenters. The van der Waals surface area contributed by atoms with Crippen molar-refractivity contribution in [2.45, 2.75) is 58.2 Å². The van der Waals surface area contributed by atoms with E-state index in [4.69, 9.17) is 9.47 Å². The van der Waals surface area contributed by atoms with Crippen LogP contribution in [0.3, 0.4) is 0 Å². The first kappa shape index (κ1) is 27.1. The average Bonchev–Trinajstić information content (AvgIpc) is 2.75. The molecule has 3 amide bonds. The Bertz CT molecular complexity index is 753. The highest BCUT2D eigenvalue weighted by atomic mass is 16.5. The second-order valence-electron chi connectivity index (χ2n) is 8.01. The average molecular weight is 450 g/mol. The number of esters is 1. The van der Waals surface area contributed by atoms with Gasteiger partial charge in [0.05, 0.1) is 13.7 Å². The number of rotatable bonds is 13. The summed E-state index contributed by atoms with van der Waals surface area (Å²) < 4.78 is 9.67. The molecule has 9 nitrogen and oxygen atoms in total. The van der Waals surface area contributed by atoms with Crippen molar-refractivity contribution in [1.29, 1.82) is 0 Å². The minimum atomic E-state index is -0.992. The smallest absolute Gasteiger partial charge is 0.330 e. The van der Waals surface area contributed by atoms with Crippen LogP contribution in [-0.2, 0) is 35.1 Å². The van der Waals surface area contributed by atoms with Crippen LogP contribution in [0.25, 0.3) is 0 Å². The van der Waals surface area contributed by atoms with Gasteiger partial charge >= 0.3 is 5.97 Å². The lowest BCUT2D eigenvalue weighted by atomic mass is 10.0. The largest absolute Gasteiger partial charge is 0.467 e. The number of hydrogen-bond donors (Lipinski definition) is 3. The molecule has 0 radical (unpaired) electrons. The molecule has 0 spiro atoms. The Labute approximate surface area is 189 Å². The number of aryl methyl sites for hydroxylation is 1. The second kappa shape index (κ2) is 14.2. The molecule has 0 bridgehead atoms. The van der Waals surface area contributed by atoms with Crippen molar-refractivity contribution < 1.29 is 28.7 Å². The topological polar surface area (TPSA) is 123 Å². The summed E-state index contributed by atoms with van der Waals surface area (Å²) in [5.41, 5.74) is 1.03. The molecule has 1 rings (SSSR count). The minimum Gasteiger partial charge on any atom is -0.467 e. The van der Waals surface area contributed by atoms with Crippen molar-refractivity contribution in [2.75, 3.05) is 20.8 Å². The van der Waals surface area contributed by atoms with Gasteiger partial charge in [-0.3, -0.25) is 14.4 Å². The van der Waals surface area contributed by atoms with E-state index in [0.717, 1.165) is 5.56 Å². The Morgan fingerprint density at radius 2 is 1.47 bits per heavy atom. The Kier molecular flexibility index (Phi) is 12.0. The van der Waals surface area contributed by atoms with Crippen molar-refractivity contribution in [2.24, 2.45) is 5.92 Å². The van der Waals surface area contributed by atoms with E-state index in [1.54, 1.807) is 0 Å². The summed E-state index contributed by atoms with van der Waals surface area (Å²) in [6.07, 6.45) is 1.31. The monoisotopic (exact) mass is 449 g/mol. The minimum absolute atomic E-state index is 0.0631. The van der Waals surface area contributed by atoms with E-state index in [-0.39, 0.29) is 18.4 Å². The zero-order chi connectivity index (χ0) is 24.1. The molecular weight excluding hydrogens is 414 g/mol. The van der Waals surface area contributed by atoms with E-state index >= 15 is 0 Å². The highest BCUT2D eigenvalue weighted by molar-refractivity contribution is 5.93. The van der Waals surface area contributed by atoms with Crippen LogP contribution in [0.15, 0.2) is 30.3 Å². The number of carbonyl (C=O) groups is 4. The van der Waals surface area contributed by atoms with Gasteiger partial charge in [0.1, 0.15) is 12.1 Å². The summed E-state index contributed by atoms with van der Waals surface area (Å²) in [6, 6.07) is 6.92. The van der Waals surface area contributed by atoms with E-state index < -0.39 is 35.9 Å². The summed E-state index contributed by atoms with van der Waals surface area (Å²) in [6.45, 7) is 5.11. The number of hydrogen-bond acceptors (Lipinski definition) is 6. The van der Waals surface area contributed by atoms with Crippen molar-refractivity contribution in [1.82, 2.24) is 16.0 Å². The maximum Gasteiger partial charge on any atom is 0.330 e. The summed E-state index contributed by atoms with van der Waals surface area (Å²) in [5.74, 6) is -1.88. The van der Waals surface area contributed by atoms with E-state index in [0.29, 0.717) is 19.3 Å². The zero-order valence-electron chi connectivity index (χ0n) is 19.5. The third kappa shape index (κ3) is 9.91. The van der Waals surface area contributed by atoms with E-state index in [1.807, 2.05) is 44.2 Å². The molecule has 0 saturated heterocycles. The van der Waals surface area contributed by atoms with Crippen LogP contribution in [0.5, 0.6) is 0 Å². The SMILES string of the molecule is COC[C@H](NC(=O)[C@H](CC(C)C)NC(=O)[C@H](CCc1ccccc1)NC(C)=O)C(=O)OC. The number of ether oxygens (including phenoxy) is 2. The molecule has 0 saturated carbocycles. The number of amides is 3. The summed E-state index contributed by atoms with van der Waals surface area (Å²) >= 11 is 0. The molecule has 32 heavy (non-hydrogen) atoms. The Hall–Kier alpha value is -2.94. The first-order chi connectivity index (χ1) is 15.2. The molecule has 0 aromatic heterocycles. The summed E-state index contributed by atoms with van der Waals surface area (Å²) in [7, 11) is 2.62. The molecule has 1 aromatic rings. The van der Waals surface area contributed by atoms with Crippen LogP contribution in [0.1, 0.15) is 39.2 Å². The number of benzene rings is 1. The Morgan fingerprint density at radius 3 is 2.00 bits per heavy atom. The molecule has 0 aliphatic carbocycles. The molecule has 0 heterocycles. The molecule has 3 N–H and O–H groups in total. The van der Waals surface area contributed by atoms with Crippen molar-refractivity contribution >= 4 is 23.7 Å². The van der Waals surface area contributed by atoms with Crippen LogP contribution in [0.4, 0.5) is 0 Å². The fraction of sp³-hybridized carbons (Fsp3) is 0.565. The van der Waals surface area contributed by atoms with Crippen LogP contribution < -0.4 is 16.0 Å². The van der Waals surface area contributed by atoms with Gasteiger partial charge in [0.15, 0.2) is 6.04 Å². The van der Waals surface area contributed by atoms with Gasteiger partial charge in [0.25, 0.3) is 0 Å². The molecule has 178 valence electrons. The summed E-state index contributed by atoms with van der Waals surface area (Å²) in [5, 5.41) is 7.97. The van der Waals surface area contributed by atoms with E-state index in [2.05, 4.69) is 16.0 Å². The van der Waals surface area contributed by atoms with Gasteiger partial charge in [-0.1, -0.05) is 44.2 Å². The van der Waals surface area contributed by atoms with Crippen LogP contribution in [0, 0.1) is 5.92 Å². The van der Waals surface area contributed by atoms with Gasteiger partial charge in [-0.25, -0.2) is 4.79 Å². The highest BCUT2D eigenvalue weighted by Crippen LogP contribution is 2.09. The molecule has 0 aliphatic rings. The number of nitrogens with one attached hydrogen (secondary N) is 3. The van der Waals surface area contributed by atoms with Crippen LogP contribution in [-0.4, -0.2) is 62.6 Å². The molecule has 9 heteroatoms. The highest BCUT2D eigenvalue weighted by Gasteiger charge is 2.30. The first-order valence-electron chi connectivity index (χ1n) is 10.7. The van der Waals surface area contributed by atoms with Gasteiger partial charge < -0.3 is 25.4 Å². The quantitative estimate of drug-likeness (QED) is 0.386. The maximum atomic E-state index is 13.0. The van der Waals surface area contributed by atoms with Crippen LogP contribution >= 0.6 is 0 Å². The number of methoxy groups -OCH3 is 2. The maximum absolute atomic E-state index is 13.0. The van der Waals surface area contributed by atoms with Crippen molar-refractivity contribution in [3.8, 4) is 0 Å². The third-order valence-electron chi connectivity index (χ3n) is 4.73. The molecule has 0 fully saturated rings. The lowest BCUT2D eigenvalue weighted by Gasteiger charge is -2.25. The third-order valence-corrected chi connectivity index (χ3v) is 4.73. The molecule has 1 aromatic carbocycles. The predicted molar refractivity (Wildman–Crippen MR) is 120 cm³/mol. The fourth-order valence-corrected chi connectivity index (χ4v) is 3.19. The first-order valence-corrected chi connectivity index (χ1v) is 10.7. The summed E-state index contributed by atoms with van der Waals surface area (Å²) in [4.78, 5) is 49.4. The lowest BCUT2D eigenvalue weighted by Crippen LogP contribution is -2.56. The standard InChI is InChI=1S/C23H35N3O6/c1-15(2)13-19(22(29)26-20(14-31-4)23(30)32-5)25-21(28)18(24-16(3)27)12-11-17-9-7-6-8-10-17/h6-10,15,18-20H,11-14H2,1-5H3,(H,24,27)(H,25,28)(H,26,29)/t18-,19-,20-/m0/s1. The van der Waals surface area contributed by atoms with E-state index in [1.165, 1.54) is 21.1 Å². The Balaban J connectivity index is 2.91. The van der Waals surface area contributed by atoms with Crippen molar-refractivity contribution in [3.05, 3.63) is 35.9 Å². The van der Waals surface area contributed by atoms with Crippen LogP contribution in [0.2, 0.25) is 0 Å². The van der Waals surface area contributed by atoms with E-state index in [9.17, 15) is 19.2 Å². The second-order valence-corrected chi connectivity index (χ2v) is 8.01. The number of carbonyl (C=O) groups excluding carboxylic acids is 4. The fourth-order valence-electron chi connectivity index (χ4n) is 3.19. The predicted octanol–water partition coefficient (Wildman–Crippen LogP) is 0.959. The zero-order valence-corrected chi connectivity index (χ0v) is 19.5. The lowest BCUT2D eigenvalue weighted by molar-refractivity contribution is -0.147. The molecular formula is C23H35N3O6. The normalized spacial score (nSPS) is 13.6. The van der Waals surface area contributed by atoms with Crippen molar-refractivity contribution in [3.63, 3.8) is 0 Å². The Morgan fingerprint density at radius 1 is 0.875 bits per heavy atom. The van der Waals surface area contributed by atoms with Gasteiger partial charge in [-0.2, -0.15) is 0 Å². The van der Waals surface area contributed by atoms with Gasteiger partial charge in [-0.15, -0.1) is 0 Å². The van der Waals surface area contributed by atoms with Gasteiger partial charge in [0, 0.05) is 14.0 Å². The van der Waals surface area contributed by atoms with Gasteiger partial charge in [0.2, 0.25) is 17.7 Å².